The quantitative estimate of drug-likeness (QED) is 0.506. The summed E-state index contributed by atoms with van der Waals surface area (Å²) in [7, 11) is 4.03. The number of fused-ring (bicyclic) bond motifs is 2. The zero-order valence-electron chi connectivity index (χ0n) is 16.5. The van der Waals surface area contributed by atoms with E-state index in [1.165, 1.54) is 11.1 Å². The first-order valence-electron chi connectivity index (χ1n) is 9.63. The van der Waals surface area contributed by atoms with E-state index in [9.17, 15) is 4.79 Å². The van der Waals surface area contributed by atoms with Gasteiger partial charge in [-0.3, -0.25) is 14.7 Å². The summed E-state index contributed by atoms with van der Waals surface area (Å²) < 4.78 is 1.94. The van der Waals surface area contributed by atoms with Gasteiger partial charge in [0.2, 0.25) is 0 Å². The molecular weight excluding hydrogens is 362 g/mol. The van der Waals surface area contributed by atoms with Crippen LogP contribution >= 0.6 is 0 Å². The Balaban J connectivity index is 1.42. The fourth-order valence-corrected chi connectivity index (χ4v) is 3.91. The molecule has 1 aromatic carbocycles. The van der Waals surface area contributed by atoms with E-state index in [4.69, 9.17) is 4.98 Å². The molecule has 29 heavy (non-hydrogen) atoms. The Bertz CT molecular complexity index is 1240. The summed E-state index contributed by atoms with van der Waals surface area (Å²) in [4.78, 5) is 28.5. The van der Waals surface area contributed by atoms with Gasteiger partial charge < -0.3 is 4.57 Å². The van der Waals surface area contributed by atoms with Crippen molar-refractivity contribution in [2.75, 3.05) is 7.05 Å². The predicted molar refractivity (Wildman–Crippen MR) is 111 cm³/mol. The molecule has 3 aromatic heterocycles. The fourth-order valence-electron chi connectivity index (χ4n) is 3.91. The second-order valence-corrected chi connectivity index (χ2v) is 7.71. The normalized spacial score (nSPS) is 13.7. The van der Waals surface area contributed by atoms with E-state index >= 15 is 0 Å². The monoisotopic (exact) mass is 383 g/mol. The predicted octanol–water partition coefficient (Wildman–Crippen LogP) is 3.40. The molecule has 0 aliphatic carbocycles. The van der Waals surface area contributed by atoms with Crippen molar-refractivity contribution >= 4 is 16.7 Å². The lowest BCUT2D eigenvalue weighted by molar-refractivity contribution is 0.0992. The molecule has 0 spiro atoms. The van der Waals surface area contributed by atoms with Gasteiger partial charge in [-0.1, -0.05) is 12.1 Å². The maximum absolute atomic E-state index is 12.8. The van der Waals surface area contributed by atoms with E-state index in [0.717, 1.165) is 46.6 Å². The number of aromatic nitrogens is 4. The van der Waals surface area contributed by atoms with Gasteiger partial charge in [0, 0.05) is 37.3 Å². The van der Waals surface area contributed by atoms with Crippen molar-refractivity contribution in [1.82, 2.24) is 24.4 Å². The average Bonchev–Trinajstić information content (AvgIpc) is 3.31. The van der Waals surface area contributed by atoms with Crippen molar-refractivity contribution in [2.24, 2.45) is 7.05 Å². The third-order valence-corrected chi connectivity index (χ3v) is 5.46. The van der Waals surface area contributed by atoms with Crippen LogP contribution in [-0.4, -0.2) is 37.2 Å². The highest BCUT2D eigenvalue weighted by molar-refractivity contribution is 5.98. The van der Waals surface area contributed by atoms with E-state index in [2.05, 4.69) is 28.0 Å². The van der Waals surface area contributed by atoms with E-state index < -0.39 is 0 Å². The number of aryl methyl sites for hydroxylation is 1. The van der Waals surface area contributed by atoms with Crippen LogP contribution in [0.5, 0.6) is 0 Å². The third-order valence-electron chi connectivity index (χ3n) is 5.46. The number of carbonyl (C=O) groups is 1. The molecule has 0 unspecified atom stereocenters. The van der Waals surface area contributed by atoms with Crippen LogP contribution in [0.25, 0.3) is 22.3 Å². The molecule has 6 nitrogen and oxygen atoms in total. The third kappa shape index (κ3) is 3.32. The second kappa shape index (κ2) is 6.90. The van der Waals surface area contributed by atoms with Crippen molar-refractivity contribution in [3.05, 3.63) is 77.5 Å². The number of nitrogens with zero attached hydrogens (tertiary/aromatic N) is 5. The van der Waals surface area contributed by atoms with Crippen LogP contribution in [0.3, 0.4) is 0 Å². The number of pyridine rings is 2. The first-order chi connectivity index (χ1) is 14.1. The topological polar surface area (TPSA) is 63.9 Å². The van der Waals surface area contributed by atoms with Crippen LogP contribution in [0.1, 0.15) is 27.2 Å². The largest absolute Gasteiger partial charge is 0.332 e. The highest BCUT2D eigenvalue weighted by Gasteiger charge is 2.18. The summed E-state index contributed by atoms with van der Waals surface area (Å²) in [6, 6.07) is 11.9. The molecule has 4 heterocycles. The number of ketones is 1. The van der Waals surface area contributed by atoms with Gasteiger partial charge in [-0.15, -0.1) is 0 Å². The van der Waals surface area contributed by atoms with Crippen molar-refractivity contribution in [3.63, 3.8) is 0 Å². The molecule has 0 bridgehead atoms. The highest BCUT2D eigenvalue weighted by Crippen LogP contribution is 2.24. The molecule has 1 aliphatic heterocycles. The number of hydrogen-bond acceptors (Lipinski definition) is 5. The van der Waals surface area contributed by atoms with E-state index in [-0.39, 0.29) is 12.2 Å². The van der Waals surface area contributed by atoms with Crippen molar-refractivity contribution in [2.45, 2.75) is 19.5 Å². The minimum atomic E-state index is 0.0805. The minimum absolute atomic E-state index is 0.0805. The van der Waals surface area contributed by atoms with Gasteiger partial charge >= 0.3 is 0 Å². The molecule has 0 atom stereocenters. The maximum Gasteiger partial charge on any atom is 0.168 e. The van der Waals surface area contributed by atoms with Gasteiger partial charge in [0.05, 0.1) is 41.5 Å². The van der Waals surface area contributed by atoms with Gasteiger partial charge in [0.25, 0.3) is 0 Å². The van der Waals surface area contributed by atoms with Gasteiger partial charge in [-0.05, 0) is 42.4 Å². The van der Waals surface area contributed by atoms with Crippen LogP contribution in [0.15, 0.2) is 55.1 Å². The SMILES string of the molecule is CN1Cc2ccc(C(=O)Cc3cc4nc(-c5cncn5C)ccc4cn3)cc2C1. The molecule has 1 aliphatic rings. The average molecular weight is 383 g/mol. The Morgan fingerprint density at radius 1 is 1.03 bits per heavy atom. The number of Topliss-reactive ketones (excluding diaryl/α,β-unsaturated/α-hetero) is 1. The van der Waals surface area contributed by atoms with Crippen LogP contribution in [0, 0.1) is 0 Å². The molecule has 6 heteroatoms. The van der Waals surface area contributed by atoms with Crippen molar-refractivity contribution in [3.8, 4) is 11.4 Å². The summed E-state index contributed by atoms with van der Waals surface area (Å²) in [6.45, 7) is 1.84. The molecule has 144 valence electrons. The van der Waals surface area contributed by atoms with Crippen LogP contribution in [0.2, 0.25) is 0 Å². The Morgan fingerprint density at radius 2 is 1.90 bits per heavy atom. The summed E-state index contributed by atoms with van der Waals surface area (Å²) in [5.74, 6) is 0.0805. The van der Waals surface area contributed by atoms with Crippen molar-refractivity contribution in [1.29, 1.82) is 0 Å². The smallest absolute Gasteiger partial charge is 0.168 e. The first-order valence-corrected chi connectivity index (χ1v) is 9.63. The van der Waals surface area contributed by atoms with Crippen LogP contribution < -0.4 is 0 Å². The fraction of sp³-hybridized carbons (Fsp3) is 0.217. The summed E-state index contributed by atoms with van der Waals surface area (Å²) in [5.41, 5.74) is 6.66. The number of benzene rings is 1. The molecule has 0 N–H and O–H groups in total. The Hall–Kier alpha value is -3.38. The Morgan fingerprint density at radius 3 is 2.72 bits per heavy atom. The van der Waals surface area contributed by atoms with Gasteiger partial charge in [0.1, 0.15) is 0 Å². The molecule has 4 aromatic rings. The standard InChI is InChI=1S/C23H21N5O/c1-27-12-17-4-3-15(7-18(17)13-27)23(29)9-19-8-21-16(10-25-19)5-6-20(26-21)22-11-24-14-28(22)2/h3-8,10-11,14H,9,12-13H2,1-2H3. The van der Waals surface area contributed by atoms with Gasteiger partial charge in [-0.2, -0.15) is 0 Å². The van der Waals surface area contributed by atoms with Crippen molar-refractivity contribution < 1.29 is 4.79 Å². The number of rotatable bonds is 4. The van der Waals surface area contributed by atoms with E-state index in [1.54, 1.807) is 18.7 Å². The zero-order valence-corrected chi connectivity index (χ0v) is 16.5. The maximum atomic E-state index is 12.8. The Kier molecular flexibility index (Phi) is 4.21. The molecule has 0 radical (unpaired) electrons. The highest BCUT2D eigenvalue weighted by atomic mass is 16.1. The lowest BCUT2D eigenvalue weighted by atomic mass is 10.0. The molecule has 0 amide bonds. The molecular formula is C23H21N5O. The van der Waals surface area contributed by atoms with Gasteiger partial charge in [-0.25, -0.2) is 9.97 Å². The van der Waals surface area contributed by atoms with Gasteiger partial charge in [0.15, 0.2) is 5.78 Å². The number of imidazole rings is 1. The minimum Gasteiger partial charge on any atom is -0.332 e. The lowest BCUT2D eigenvalue weighted by Crippen LogP contribution is -2.07. The summed E-state index contributed by atoms with van der Waals surface area (Å²) in [6.07, 6.45) is 5.61. The molecule has 0 saturated carbocycles. The molecule has 0 fully saturated rings. The first kappa shape index (κ1) is 17.7. The van der Waals surface area contributed by atoms with Crippen LogP contribution in [-0.2, 0) is 26.6 Å². The van der Waals surface area contributed by atoms with Crippen LogP contribution in [0.4, 0.5) is 0 Å². The van der Waals surface area contributed by atoms with E-state index in [1.807, 2.05) is 41.9 Å². The number of carbonyl (C=O) groups excluding carboxylic acids is 1. The van der Waals surface area contributed by atoms with E-state index in [0.29, 0.717) is 0 Å². The molecule has 5 rings (SSSR count). The second-order valence-electron chi connectivity index (χ2n) is 7.71. The Labute approximate surface area is 168 Å². The summed E-state index contributed by atoms with van der Waals surface area (Å²) in [5, 5.41) is 0.952. The zero-order chi connectivity index (χ0) is 20.0. The summed E-state index contributed by atoms with van der Waals surface area (Å²) >= 11 is 0. The molecule has 0 saturated heterocycles. The lowest BCUT2D eigenvalue weighted by Gasteiger charge is -2.07. The number of hydrogen-bond donors (Lipinski definition) is 0.